The Bertz CT molecular complexity index is 436. The van der Waals surface area contributed by atoms with Crippen LogP contribution in [0.15, 0.2) is 30.3 Å². The van der Waals surface area contributed by atoms with E-state index in [1.165, 1.54) is 0 Å². The quantitative estimate of drug-likeness (QED) is 0.777. The summed E-state index contributed by atoms with van der Waals surface area (Å²) in [6.07, 6.45) is -0.0266. The van der Waals surface area contributed by atoms with Gasteiger partial charge in [0.05, 0.1) is 12.6 Å². The minimum Gasteiger partial charge on any atom is -0.370 e. The SMILES string of the molecule is CC1C(c2ccccc2)OCCN1C(=O)C(C)(C)C. The average molecular weight is 261 g/mol. The average Bonchev–Trinajstić information content (AvgIpc) is 2.38. The molecule has 1 heterocycles. The minimum absolute atomic E-state index is 0.0266. The Balaban J connectivity index is 2.20. The summed E-state index contributed by atoms with van der Waals surface area (Å²) < 4.78 is 5.88. The van der Waals surface area contributed by atoms with Gasteiger partial charge in [-0.25, -0.2) is 0 Å². The summed E-state index contributed by atoms with van der Waals surface area (Å²) in [6.45, 7) is 9.26. The van der Waals surface area contributed by atoms with Crippen molar-refractivity contribution in [1.82, 2.24) is 4.90 Å². The summed E-state index contributed by atoms with van der Waals surface area (Å²) in [5.41, 5.74) is 0.800. The number of hydrogen-bond acceptors (Lipinski definition) is 2. The molecule has 0 spiro atoms. The number of ether oxygens (including phenoxy) is 1. The third-order valence-corrected chi connectivity index (χ3v) is 3.59. The molecule has 0 N–H and O–H groups in total. The van der Waals surface area contributed by atoms with Crippen LogP contribution in [0.4, 0.5) is 0 Å². The van der Waals surface area contributed by atoms with Gasteiger partial charge in [-0.3, -0.25) is 4.79 Å². The van der Waals surface area contributed by atoms with Crippen LogP contribution in [0.1, 0.15) is 39.4 Å². The minimum atomic E-state index is -0.340. The van der Waals surface area contributed by atoms with E-state index in [1.54, 1.807) is 0 Å². The van der Waals surface area contributed by atoms with Crippen molar-refractivity contribution in [2.24, 2.45) is 5.41 Å². The van der Waals surface area contributed by atoms with Gasteiger partial charge in [0, 0.05) is 12.0 Å². The second kappa shape index (κ2) is 5.33. The Morgan fingerprint density at radius 2 is 1.89 bits per heavy atom. The van der Waals surface area contributed by atoms with E-state index in [0.717, 1.165) is 5.56 Å². The fraction of sp³-hybridized carbons (Fsp3) is 0.562. The van der Waals surface area contributed by atoms with Gasteiger partial charge >= 0.3 is 0 Å². The summed E-state index contributed by atoms with van der Waals surface area (Å²) in [7, 11) is 0. The molecule has 1 aromatic rings. The number of benzene rings is 1. The zero-order valence-corrected chi connectivity index (χ0v) is 12.2. The second-order valence-corrected chi connectivity index (χ2v) is 6.19. The fourth-order valence-electron chi connectivity index (χ4n) is 2.52. The van der Waals surface area contributed by atoms with Crippen LogP contribution >= 0.6 is 0 Å². The molecule has 1 aromatic carbocycles. The summed E-state index contributed by atoms with van der Waals surface area (Å²) in [5.74, 6) is 0.198. The van der Waals surface area contributed by atoms with Crippen molar-refractivity contribution in [1.29, 1.82) is 0 Å². The van der Waals surface area contributed by atoms with Crippen LogP contribution in [0.5, 0.6) is 0 Å². The largest absolute Gasteiger partial charge is 0.370 e. The summed E-state index contributed by atoms with van der Waals surface area (Å²) in [5, 5.41) is 0. The second-order valence-electron chi connectivity index (χ2n) is 6.19. The van der Waals surface area contributed by atoms with Crippen molar-refractivity contribution in [3.8, 4) is 0 Å². The van der Waals surface area contributed by atoms with Crippen LogP contribution in [-0.2, 0) is 9.53 Å². The smallest absolute Gasteiger partial charge is 0.228 e. The normalized spacial score (nSPS) is 24.3. The molecule has 1 aliphatic rings. The molecular weight excluding hydrogens is 238 g/mol. The van der Waals surface area contributed by atoms with E-state index in [9.17, 15) is 4.79 Å². The molecular formula is C16H23NO2. The van der Waals surface area contributed by atoms with E-state index >= 15 is 0 Å². The molecule has 2 unspecified atom stereocenters. The zero-order chi connectivity index (χ0) is 14.0. The Hall–Kier alpha value is -1.35. The van der Waals surface area contributed by atoms with Gasteiger partial charge in [-0.05, 0) is 12.5 Å². The van der Waals surface area contributed by atoms with Gasteiger partial charge in [0.15, 0.2) is 0 Å². The molecule has 2 atom stereocenters. The van der Waals surface area contributed by atoms with E-state index in [1.807, 2.05) is 43.9 Å². The van der Waals surface area contributed by atoms with Crippen LogP contribution in [-0.4, -0.2) is 30.0 Å². The summed E-state index contributed by atoms with van der Waals surface area (Å²) in [4.78, 5) is 14.4. The van der Waals surface area contributed by atoms with Crippen molar-refractivity contribution in [2.75, 3.05) is 13.2 Å². The Morgan fingerprint density at radius 1 is 1.26 bits per heavy atom. The predicted octanol–water partition coefficient (Wildman–Crippen LogP) is 3.02. The molecule has 0 aromatic heterocycles. The lowest BCUT2D eigenvalue weighted by atomic mass is 9.92. The standard InChI is InChI=1S/C16H23NO2/c1-12-14(13-8-6-5-7-9-13)19-11-10-17(12)15(18)16(2,3)4/h5-9,12,14H,10-11H2,1-4H3. The van der Waals surface area contributed by atoms with Crippen LogP contribution < -0.4 is 0 Å². The number of carbonyl (C=O) groups excluding carboxylic acids is 1. The Morgan fingerprint density at radius 3 is 2.47 bits per heavy atom. The van der Waals surface area contributed by atoms with Gasteiger partial charge < -0.3 is 9.64 Å². The van der Waals surface area contributed by atoms with Gasteiger partial charge in [0.25, 0.3) is 0 Å². The van der Waals surface area contributed by atoms with Gasteiger partial charge in [-0.2, -0.15) is 0 Å². The lowest BCUT2D eigenvalue weighted by Gasteiger charge is -2.42. The highest BCUT2D eigenvalue weighted by molar-refractivity contribution is 5.82. The molecule has 3 nitrogen and oxygen atoms in total. The van der Waals surface area contributed by atoms with Crippen LogP contribution in [0.2, 0.25) is 0 Å². The molecule has 0 radical (unpaired) electrons. The lowest BCUT2D eigenvalue weighted by Crippen LogP contribution is -2.52. The number of carbonyl (C=O) groups is 1. The van der Waals surface area contributed by atoms with Crippen molar-refractivity contribution < 1.29 is 9.53 Å². The van der Waals surface area contributed by atoms with Gasteiger partial charge in [-0.15, -0.1) is 0 Å². The number of nitrogens with zero attached hydrogens (tertiary/aromatic N) is 1. The fourth-order valence-corrected chi connectivity index (χ4v) is 2.52. The highest BCUT2D eigenvalue weighted by Crippen LogP contribution is 2.31. The molecule has 0 saturated carbocycles. The molecule has 2 rings (SSSR count). The van der Waals surface area contributed by atoms with E-state index in [0.29, 0.717) is 13.2 Å². The van der Waals surface area contributed by atoms with E-state index < -0.39 is 0 Å². The molecule has 104 valence electrons. The first-order valence-electron chi connectivity index (χ1n) is 6.89. The molecule has 1 aliphatic heterocycles. The Labute approximate surface area is 115 Å². The molecule has 3 heteroatoms. The highest BCUT2D eigenvalue weighted by Gasteiger charge is 2.37. The maximum atomic E-state index is 12.5. The number of morpholine rings is 1. The zero-order valence-electron chi connectivity index (χ0n) is 12.2. The first kappa shape index (κ1) is 14.1. The highest BCUT2D eigenvalue weighted by atomic mass is 16.5. The van der Waals surface area contributed by atoms with Crippen molar-refractivity contribution >= 4 is 5.91 Å². The first-order chi connectivity index (χ1) is 8.91. The van der Waals surface area contributed by atoms with Crippen molar-refractivity contribution in [3.63, 3.8) is 0 Å². The van der Waals surface area contributed by atoms with Crippen molar-refractivity contribution in [2.45, 2.75) is 39.8 Å². The number of hydrogen-bond donors (Lipinski definition) is 0. The van der Waals surface area contributed by atoms with Crippen LogP contribution in [0.3, 0.4) is 0 Å². The monoisotopic (exact) mass is 261 g/mol. The topological polar surface area (TPSA) is 29.5 Å². The molecule has 0 aliphatic carbocycles. The molecule has 0 bridgehead atoms. The number of amides is 1. The first-order valence-corrected chi connectivity index (χ1v) is 6.89. The van der Waals surface area contributed by atoms with Gasteiger partial charge in [0.1, 0.15) is 6.10 Å². The van der Waals surface area contributed by atoms with E-state index in [2.05, 4.69) is 19.1 Å². The van der Waals surface area contributed by atoms with E-state index in [-0.39, 0.29) is 23.5 Å². The molecule has 19 heavy (non-hydrogen) atoms. The van der Waals surface area contributed by atoms with Gasteiger partial charge in [0.2, 0.25) is 5.91 Å². The third kappa shape index (κ3) is 2.98. The van der Waals surface area contributed by atoms with Crippen molar-refractivity contribution in [3.05, 3.63) is 35.9 Å². The van der Waals surface area contributed by atoms with Gasteiger partial charge in [-0.1, -0.05) is 51.1 Å². The maximum absolute atomic E-state index is 12.5. The number of rotatable bonds is 1. The molecule has 1 saturated heterocycles. The Kier molecular flexibility index (Phi) is 3.95. The molecule has 1 fully saturated rings. The van der Waals surface area contributed by atoms with E-state index in [4.69, 9.17) is 4.74 Å². The third-order valence-electron chi connectivity index (χ3n) is 3.59. The summed E-state index contributed by atoms with van der Waals surface area (Å²) >= 11 is 0. The van der Waals surface area contributed by atoms with Crippen LogP contribution in [0.25, 0.3) is 0 Å². The molecule has 1 amide bonds. The summed E-state index contributed by atoms with van der Waals surface area (Å²) in [6, 6.07) is 10.2. The van der Waals surface area contributed by atoms with Crippen LogP contribution in [0, 0.1) is 5.41 Å². The lowest BCUT2D eigenvalue weighted by molar-refractivity contribution is -0.153. The predicted molar refractivity (Wildman–Crippen MR) is 75.8 cm³/mol. The maximum Gasteiger partial charge on any atom is 0.228 e.